The molecule has 8 nitrogen and oxygen atoms in total. The monoisotopic (exact) mass is 834 g/mol. The van der Waals surface area contributed by atoms with Crippen LogP contribution in [0.2, 0.25) is 10.0 Å². The molecule has 10 rings (SSSR count). The fraction of sp³-hybridized carbons (Fsp3) is 0.200. The van der Waals surface area contributed by atoms with E-state index in [0.29, 0.717) is 29.2 Å². The van der Waals surface area contributed by atoms with E-state index in [2.05, 4.69) is 22.8 Å². The van der Waals surface area contributed by atoms with E-state index in [1.165, 1.54) is 0 Å². The summed E-state index contributed by atoms with van der Waals surface area (Å²) in [4.78, 5) is 54.1. The number of amides is 4. The van der Waals surface area contributed by atoms with Crippen LogP contribution in [0.4, 0.5) is 11.4 Å². The van der Waals surface area contributed by atoms with E-state index >= 15 is 0 Å². The van der Waals surface area contributed by atoms with Crippen LogP contribution in [0.1, 0.15) is 73.7 Å². The topological polar surface area (TPSA) is 98.8 Å². The largest absolute Gasteiger partial charge is 0.355 e. The average Bonchev–Trinajstić information content (AvgIpc) is 4.21. The molecule has 0 saturated heterocycles. The van der Waals surface area contributed by atoms with E-state index in [9.17, 15) is 19.2 Å². The van der Waals surface area contributed by atoms with Crippen molar-refractivity contribution < 1.29 is 19.2 Å². The molecule has 2 spiro atoms. The Morgan fingerprint density at radius 2 is 1.07 bits per heavy atom. The highest BCUT2D eigenvalue weighted by Crippen LogP contribution is 2.66. The van der Waals surface area contributed by atoms with Crippen molar-refractivity contribution in [3.05, 3.63) is 201 Å². The van der Waals surface area contributed by atoms with Crippen LogP contribution in [0.15, 0.2) is 152 Å². The van der Waals surface area contributed by atoms with E-state index < -0.39 is 5.41 Å². The average molecular weight is 836 g/mol. The van der Waals surface area contributed by atoms with Gasteiger partial charge in [0.1, 0.15) is 0 Å². The Morgan fingerprint density at radius 3 is 1.58 bits per heavy atom. The Morgan fingerprint density at radius 1 is 0.583 bits per heavy atom. The van der Waals surface area contributed by atoms with Gasteiger partial charge in [-0.05, 0) is 108 Å². The molecule has 0 bridgehead atoms. The standard InChI is InChI=1S/C25H21ClN2O2.C19H18N2O2.C6H5Cl/c1-27-23(29)18-6-4-5-16(13-18)15-28-22-8-3-2-7-20(22)25(24(28)30)14-21(25)17-9-11-19(26)12-10-17;1-20-17(22)14-6-4-5-13(11-14)12-21-16-8-3-2-7-15(16)19(9-10-19)18(21)23;7-6-4-2-1-3-5-6/h2-13,21H,14-15H2,1H3,(H,27,29);2-8,11H,9-10,12H2,1H3,(H,20,22);1-5H/t21?,25-;;/m1../s1. The molecule has 4 amide bonds. The predicted octanol–water partition coefficient (Wildman–Crippen LogP) is 9.64. The van der Waals surface area contributed by atoms with Crippen LogP contribution < -0.4 is 20.4 Å². The van der Waals surface area contributed by atoms with E-state index in [4.69, 9.17) is 23.2 Å². The van der Waals surface area contributed by atoms with Gasteiger partial charge >= 0.3 is 0 Å². The molecule has 6 aromatic rings. The molecule has 6 aromatic carbocycles. The summed E-state index contributed by atoms with van der Waals surface area (Å²) in [7, 11) is 3.23. The number of para-hydroxylation sites is 2. The predicted molar refractivity (Wildman–Crippen MR) is 238 cm³/mol. The van der Waals surface area contributed by atoms with Crippen LogP contribution in [-0.2, 0) is 33.5 Å². The van der Waals surface area contributed by atoms with Crippen molar-refractivity contribution in [2.45, 2.75) is 49.1 Å². The minimum atomic E-state index is -0.497. The maximum atomic E-state index is 13.7. The lowest BCUT2D eigenvalue weighted by Crippen LogP contribution is -2.32. The second-order valence-electron chi connectivity index (χ2n) is 15.5. The second-order valence-corrected chi connectivity index (χ2v) is 16.4. The summed E-state index contributed by atoms with van der Waals surface area (Å²) in [6.07, 6.45) is 2.69. The zero-order chi connectivity index (χ0) is 42.0. The first-order valence-corrected chi connectivity index (χ1v) is 20.8. The van der Waals surface area contributed by atoms with Crippen LogP contribution in [0, 0.1) is 0 Å². The van der Waals surface area contributed by atoms with Crippen molar-refractivity contribution in [1.29, 1.82) is 0 Å². The normalized spacial score (nSPS) is 18.4. The van der Waals surface area contributed by atoms with Crippen LogP contribution in [0.25, 0.3) is 0 Å². The van der Waals surface area contributed by atoms with Gasteiger partial charge in [0.15, 0.2) is 0 Å². The highest BCUT2D eigenvalue weighted by molar-refractivity contribution is 6.30. The third-order valence-corrected chi connectivity index (χ3v) is 12.4. The van der Waals surface area contributed by atoms with Crippen molar-refractivity contribution in [3.63, 3.8) is 0 Å². The molecule has 2 heterocycles. The maximum absolute atomic E-state index is 13.7. The minimum Gasteiger partial charge on any atom is -0.355 e. The first-order valence-electron chi connectivity index (χ1n) is 20.0. The lowest BCUT2D eigenvalue weighted by atomic mass is 9.92. The van der Waals surface area contributed by atoms with Crippen molar-refractivity contribution in [2.24, 2.45) is 0 Å². The van der Waals surface area contributed by atoms with Gasteiger partial charge in [0.05, 0.1) is 23.9 Å². The quantitative estimate of drug-likeness (QED) is 0.167. The van der Waals surface area contributed by atoms with E-state index in [0.717, 1.165) is 63.5 Å². The van der Waals surface area contributed by atoms with Gasteiger partial charge in [0.2, 0.25) is 11.8 Å². The number of halogens is 2. The third kappa shape index (κ3) is 7.69. The zero-order valence-corrected chi connectivity index (χ0v) is 34.8. The highest BCUT2D eigenvalue weighted by Gasteiger charge is 2.67. The van der Waals surface area contributed by atoms with Gasteiger partial charge < -0.3 is 20.4 Å². The van der Waals surface area contributed by atoms with Gasteiger partial charge in [0, 0.05) is 52.6 Å². The van der Waals surface area contributed by atoms with Crippen molar-refractivity contribution in [3.8, 4) is 0 Å². The molecule has 2 fully saturated rings. The summed E-state index contributed by atoms with van der Waals surface area (Å²) in [5.41, 5.74) is 7.71. The summed E-state index contributed by atoms with van der Waals surface area (Å²) < 4.78 is 0. The Kier molecular flexibility index (Phi) is 11.4. The van der Waals surface area contributed by atoms with Gasteiger partial charge in [-0.2, -0.15) is 0 Å². The molecule has 60 heavy (non-hydrogen) atoms. The van der Waals surface area contributed by atoms with E-state index in [1.807, 2.05) is 137 Å². The number of benzene rings is 6. The molecule has 2 aliphatic heterocycles. The fourth-order valence-corrected chi connectivity index (χ4v) is 8.93. The lowest BCUT2D eigenvalue weighted by Gasteiger charge is -2.19. The molecular formula is C50H44Cl2N4O4. The number of carbonyl (C=O) groups excluding carboxylic acids is 4. The molecule has 4 aliphatic rings. The number of rotatable bonds is 7. The molecule has 0 aromatic heterocycles. The van der Waals surface area contributed by atoms with Gasteiger partial charge in [-0.3, -0.25) is 19.2 Å². The number of hydrogen-bond donors (Lipinski definition) is 2. The zero-order valence-electron chi connectivity index (χ0n) is 33.3. The molecule has 0 radical (unpaired) electrons. The summed E-state index contributed by atoms with van der Waals surface area (Å²) >= 11 is 11.6. The van der Waals surface area contributed by atoms with Gasteiger partial charge in [0.25, 0.3) is 11.8 Å². The number of nitrogens with zero attached hydrogens (tertiary/aromatic N) is 2. The maximum Gasteiger partial charge on any atom is 0.251 e. The Balaban J connectivity index is 0.000000147. The summed E-state index contributed by atoms with van der Waals surface area (Å²) in [6, 6.07) is 48.3. The Bertz CT molecular complexity index is 2590. The molecule has 2 atom stereocenters. The second kappa shape index (κ2) is 16.8. The molecule has 302 valence electrons. The van der Waals surface area contributed by atoms with Gasteiger partial charge in [-0.15, -0.1) is 0 Å². The summed E-state index contributed by atoms with van der Waals surface area (Å²) in [5.74, 6) is 0.244. The molecule has 2 aliphatic carbocycles. The number of fused-ring (bicyclic) bond motifs is 4. The number of carbonyl (C=O) groups is 4. The first kappa shape index (κ1) is 40.6. The summed E-state index contributed by atoms with van der Waals surface area (Å²) in [6.45, 7) is 0.943. The molecule has 2 saturated carbocycles. The van der Waals surface area contributed by atoms with Crippen LogP contribution >= 0.6 is 23.2 Å². The number of hydrogen-bond acceptors (Lipinski definition) is 4. The van der Waals surface area contributed by atoms with E-state index in [-0.39, 0.29) is 35.0 Å². The van der Waals surface area contributed by atoms with Crippen LogP contribution in [0.3, 0.4) is 0 Å². The molecular weight excluding hydrogens is 791 g/mol. The highest BCUT2D eigenvalue weighted by atomic mass is 35.5. The third-order valence-electron chi connectivity index (χ3n) is 11.9. The smallest absolute Gasteiger partial charge is 0.251 e. The SMILES string of the molecule is CNC(=O)c1cccc(CN2C(=O)C3(CC3)c3ccccc32)c1.CNC(=O)c1cccc(CN2C(=O)[C@]3(CC3c3ccc(Cl)cc3)c3ccccc32)c1.Clc1ccccc1. The Hall–Kier alpha value is -6.22. The van der Waals surface area contributed by atoms with Gasteiger partial charge in [-0.25, -0.2) is 0 Å². The lowest BCUT2D eigenvalue weighted by molar-refractivity contribution is -0.121. The van der Waals surface area contributed by atoms with Crippen molar-refractivity contribution in [1.82, 2.24) is 10.6 Å². The summed E-state index contributed by atoms with van der Waals surface area (Å²) in [5, 5.41) is 6.77. The Labute approximate surface area is 360 Å². The van der Waals surface area contributed by atoms with Crippen molar-refractivity contribution in [2.75, 3.05) is 23.9 Å². The molecule has 1 unspecified atom stereocenters. The fourth-order valence-electron chi connectivity index (χ4n) is 8.66. The first-order chi connectivity index (χ1) is 29.1. The number of nitrogens with one attached hydrogen (secondary N) is 2. The van der Waals surface area contributed by atoms with Crippen molar-refractivity contribution >= 4 is 58.2 Å². The minimum absolute atomic E-state index is 0.112. The molecule has 10 heteroatoms. The van der Waals surface area contributed by atoms with Crippen LogP contribution in [-0.4, -0.2) is 37.7 Å². The van der Waals surface area contributed by atoms with Crippen LogP contribution in [0.5, 0.6) is 0 Å². The van der Waals surface area contributed by atoms with E-state index in [1.54, 1.807) is 26.2 Å². The molecule has 2 N–H and O–H groups in total. The number of anilines is 2. The van der Waals surface area contributed by atoms with Gasteiger partial charge in [-0.1, -0.05) is 114 Å².